The van der Waals surface area contributed by atoms with Crippen molar-refractivity contribution in [2.45, 2.75) is 50.6 Å². The largest absolute Gasteiger partial charge is 0.480 e. The van der Waals surface area contributed by atoms with Gasteiger partial charge in [0.05, 0.1) is 7.11 Å². The highest BCUT2D eigenvalue weighted by molar-refractivity contribution is 5.85. The molecular formula is C26H30N2O7. The van der Waals surface area contributed by atoms with E-state index >= 15 is 0 Å². The Kier molecular flexibility index (Phi) is 8.11. The van der Waals surface area contributed by atoms with Gasteiger partial charge in [0.15, 0.2) is 0 Å². The van der Waals surface area contributed by atoms with E-state index in [0.29, 0.717) is 0 Å². The van der Waals surface area contributed by atoms with E-state index in [9.17, 15) is 24.3 Å². The van der Waals surface area contributed by atoms with Crippen LogP contribution >= 0.6 is 0 Å². The van der Waals surface area contributed by atoms with Gasteiger partial charge >= 0.3 is 18.0 Å². The molecule has 0 spiro atoms. The second-order valence-corrected chi connectivity index (χ2v) is 9.08. The number of carboxylic acid groups (broad SMARTS) is 1. The molecule has 3 N–H and O–H groups in total. The molecule has 0 saturated carbocycles. The van der Waals surface area contributed by atoms with Crippen LogP contribution in [0.1, 0.15) is 50.2 Å². The first-order valence-electron chi connectivity index (χ1n) is 11.3. The highest BCUT2D eigenvalue weighted by Crippen LogP contribution is 2.44. The number of aliphatic carboxylic acids is 1. The Balaban J connectivity index is 1.54. The molecule has 2 amide bonds. The Bertz CT molecular complexity index is 1070. The molecule has 0 aromatic heterocycles. The summed E-state index contributed by atoms with van der Waals surface area (Å²) in [4.78, 5) is 47.7. The van der Waals surface area contributed by atoms with Crippen LogP contribution < -0.4 is 10.6 Å². The topological polar surface area (TPSA) is 131 Å². The van der Waals surface area contributed by atoms with Gasteiger partial charge in [0.1, 0.15) is 12.6 Å². The zero-order valence-corrected chi connectivity index (χ0v) is 20.0. The predicted octanol–water partition coefficient (Wildman–Crippen LogP) is 3.22. The normalized spacial score (nSPS) is 13.2. The Morgan fingerprint density at radius 1 is 1.00 bits per heavy atom. The minimum absolute atomic E-state index is 0.0919. The molecule has 2 aromatic rings. The highest BCUT2D eigenvalue weighted by atomic mass is 16.5. The summed E-state index contributed by atoms with van der Waals surface area (Å²) < 4.78 is 10.0. The summed E-state index contributed by atoms with van der Waals surface area (Å²) in [7, 11) is 1.20. The van der Waals surface area contributed by atoms with Gasteiger partial charge in [-0.05, 0) is 42.5 Å². The average Bonchev–Trinajstić information content (AvgIpc) is 3.13. The fourth-order valence-electron chi connectivity index (χ4n) is 4.22. The number of carbonyl (C=O) groups excluding carboxylic acids is 3. The Labute approximate surface area is 203 Å². The molecule has 0 radical (unpaired) electrons. The van der Waals surface area contributed by atoms with Crippen LogP contribution in [-0.4, -0.2) is 54.3 Å². The van der Waals surface area contributed by atoms with Crippen molar-refractivity contribution in [2.75, 3.05) is 13.7 Å². The first-order chi connectivity index (χ1) is 16.6. The fraction of sp³-hybridized carbons (Fsp3) is 0.385. The van der Waals surface area contributed by atoms with E-state index in [4.69, 9.17) is 4.74 Å². The number of carbonyl (C=O) groups is 4. The molecule has 0 heterocycles. The van der Waals surface area contributed by atoms with E-state index in [-0.39, 0.29) is 31.8 Å². The lowest BCUT2D eigenvalue weighted by Crippen LogP contribution is -2.49. The van der Waals surface area contributed by atoms with E-state index < -0.39 is 35.5 Å². The summed E-state index contributed by atoms with van der Waals surface area (Å²) in [6, 6.07) is 14.8. The van der Waals surface area contributed by atoms with Crippen molar-refractivity contribution in [2.24, 2.45) is 0 Å². The van der Waals surface area contributed by atoms with E-state index in [1.165, 1.54) is 7.11 Å². The molecule has 1 aliphatic rings. The molecule has 0 aliphatic heterocycles. The summed E-state index contributed by atoms with van der Waals surface area (Å²) in [5.74, 6) is -2.50. The van der Waals surface area contributed by atoms with Crippen molar-refractivity contribution < 1.29 is 33.8 Å². The monoisotopic (exact) mass is 482 g/mol. The number of hydrogen-bond donors (Lipinski definition) is 3. The summed E-state index contributed by atoms with van der Waals surface area (Å²) in [6.45, 7) is 3.41. The van der Waals surface area contributed by atoms with Gasteiger partial charge in [-0.15, -0.1) is 0 Å². The summed E-state index contributed by atoms with van der Waals surface area (Å²) in [6.07, 6.45) is -1.10. The number of nitrogens with one attached hydrogen (secondary N) is 2. The predicted molar refractivity (Wildman–Crippen MR) is 128 cm³/mol. The maximum Gasteiger partial charge on any atom is 0.407 e. The average molecular weight is 483 g/mol. The molecule has 3 rings (SSSR count). The van der Waals surface area contributed by atoms with E-state index in [2.05, 4.69) is 15.4 Å². The van der Waals surface area contributed by atoms with Gasteiger partial charge in [-0.3, -0.25) is 9.59 Å². The molecule has 186 valence electrons. The number of esters is 1. The van der Waals surface area contributed by atoms with Crippen molar-refractivity contribution in [3.8, 4) is 11.1 Å². The zero-order valence-electron chi connectivity index (χ0n) is 20.0. The molecule has 0 fully saturated rings. The van der Waals surface area contributed by atoms with Crippen molar-refractivity contribution >= 4 is 23.9 Å². The molecule has 0 unspecified atom stereocenters. The number of amides is 2. The summed E-state index contributed by atoms with van der Waals surface area (Å²) in [5.41, 5.74) is 3.42. The molecule has 9 nitrogen and oxygen atoms in total. The van der Waals surface area contributed by atoms with Gasteiger partial charge in [-0.25, -0.2) is 9.59 Å². The SMILES string of the molecule is COC(=O)CC[C@H](NC(=O)CC(C)(C)NC(=O)OCC1c2ccccc2-c2ccccc21)C(=O)O. The number of methoxy groups -OCH3 is 1. The van der Waals surface area contributed by atoms with Crippen LogP contribution in [0.15, 0.2) is 48.5 Å². The van der Waals surface area contributed by atoms with Crippen LogP contribution in [0.25, 0.3) is 11.1 Å². The first kappa shape index (κ1) is 25.7. The van der Waals surface area contributed by atoms with Crippen molar-refractivity contribution in [3.05, 3.63) is 59.7 Å². The zero-order chi connectivity index (χ0) is 25.6. The van der Waals surface area contributed by atoms with Crippen LogP contribution in [0.2, 0.25) is 0 Å². The van der Waals surface area contributed by atoms with Gasteiger partial charge in [0, 0.05) is 24.3 Å². The van der Waals surface area contributed by atoms with Gasteiger partial charge in [-0.2, -0.15) is 0 Å². The van der Waals surface area contributed by atoms with Crippen LogP contribution in [0.4, 0.5) is 4.79 Å². The number of benzene rings is 2. The third-order valence-corrected chi connectivity index (χ3v) is 5.88. The number of alkyl carbamates (subject to hydrolysis) is 1. The number of hydrogen-bond acceptors (Lipinski definition) is 6. The van der Waals surface area contributed by atoms with Crippen LogP contribution in [0.5, 0.6) is 0 Å². The maximum atomic E-state index is 12.6. The quantitative estimate of drug-likeness (QED) is 0.443. The Hall–Kier alpha value is -3.88. The second-order valence-electron chi connectivity index (χ2n) is 9.08. The molecule has 2 aromatic carbocycles. The molecule has 1 atom stereocenters. The standard InChI is InChI=1S/C26H30N2O7/c1-26(2,14-22(29)27-21(24(31)32)12-13-23(30)34-3)28-25(33)35-15-20-18-10-6-4-8-16(18)17-9-5-7-11-19(17)20/h4-11,20-21H,12-15H2,1-3H3,(H,27,29)(H,28,33)(H,31,32)/t21-/m0/s1. The van der Waals surface area contributed by atoms with Crippen LogP contribution in [0.3, 0.4) is 0 Å². The van der Waals surface area contributed by atoms with Crippen molar-refractivity contribution in [1.82, 2.24) is 10.6 Å². The lowest BCUT2D eigenvalue weighted by molar-refractivity contribution is -0.144. The number of fused-ring (bicyclic) bond motifs is 3. The third kappa shape index (κ3) is 6.59. The minimum atomic E-state index is -1.26. The maximum absolute atomic E-state index is 12.6. The minimum Gasteiger partial charge on any atom is -0.480 e. The fourth-order valence-corrected chi connectivity index (χ4v) is 4.22. The summed E-state index contributed by atoms with van der Waals surface area (Å²) >= 11 is 0. The molecule has 0 saturated heterocycles. The lowest BCUT2D eigenvalue weighted by atomic mass is 9.98. The number of ether oxygens (including phenoxy) is 2. The number of rotatable bonds is 10. The van der Waals surface area contributed by atoms with Crippen LogP contribution in [-0.2, 0) is 23.9 Å². The second kappa shape index (κ2) is 11.0. The smallest absolute Gasteiger partial charge is 0.407 e. The van der Waals surface area contributed by atoms with E-state index in [1.807, 2.05) is 48.5 Å². The van der Waals surface area contributed by atoms with Crippen LogP contribution in [0, 0.1) is 0 Å². The van der Waals surface area contributed by atoms with Crippen molar-refractivity contribution in [1.29, 1.82) is 0 Å². The lowest BCUT2D eigenvalue weighted by Gasteiger charge is -2.26. The van der Waals surface area contributed by atoms with Gasteiger partial charge in [-0.1, -0.05) is 48.5 Å². The Morgan fingerprint density at radius 3 is 2.11 bits per heavy atom. The molecule has 0 bridgehead atoms. The van der Waals surface area contributed by atoms with Gasteiger partial charge in [0.25, 0.3) is 0 Å². The number of carboxylic acids is 1. The molecule has 35 heavy (non-hydrogen) atoms. The Morgan fingerprint density at radius 2 is 1.57 bits per heavy atom. The van der Waals surface area contributed by atoms with Gasteiger partial charge < -0.3 is 25.2 Å². The first-order valence-corrected chi connectivity index (χ1v) is 11.3. The van der Waals surface area contributed by atoms with Gasteiger partial charge in [0.2, 0.25) is 5.91 Å². The highest BCUT2D eigenvalue weighted by Gasteiger charge is 2.31. The van der Waals surface area contributed by atoms with Crippen molar-refractivity contribution in [3.63, 3.8) is 0 Å². The van der Waals surface area contributed by atoms with E-state index in [1.54, 1.807) is 13.8 Å². The third-order valence-electron chi connectivity index (χ3n) is 5.88. The molecule has 1 aliphatic carbocycles. The summed E-state index contributed by atoms with van der Waals surface area (Å²) in [5, 5.41) is 14.4. The molecular weight excluding hydrogens is 452 g/mol. The molecule has 9 heteroatoms. The van der Waals surface area contributed by atoms with E-state index in [0.717, 1.165) is 22.3 Å².